The summed E-state index contributed by atoms with van der Waals surface area (Å²) in [6, 6.07) is 3.70. The number of nitrogens with zero attached hydrogens (tertiary/aromatic N) is 2. The number of nitrogens with one attached hydrogen (secondary N) is 1. The first-order valence-corrected chi connectivity index (χ1v) is 5.49. The van der Waals surface area contributed by atoms with Crippen LogP contribution in [0.2, 0.25) is 0 Å². The third-order valence-electron chi connectivity index (χ3n) is 2.32. The van der Waals surface area contributed by atoms with Gasteiger partial charge in [0.1, 0.15) is 0 Å². The van der Waals surface area contributed by atoms with E-state index >= 15 is 0 Å². The van der Waals surface area contributed by atoms with Crippen molar-refractivity contribution in [3.8, 4) is 0 Å². The summed E-state index contributed by atoms with van der Waals surface area (Å²) in [7, 11) is 0. The van der Waals surface area contributed by atoms with Gasteiger partial charge in [-0.1, -0.05) is 13.3 Å². The van der Waals surface area contributed by atoms with E-state index < -0.39 is 0 Å². The maximum atomic E-state index is 11.3. The highest BCUT2D eigenvalue weighted by molar-refractivity contribution is 4.84. The molecule has 0 radical (unpaired) electrons. The minimum absolute atomic E-state index is 0.0394. The molecule has 1 heterocycles. The summed E-state index contributed by atoms with van der Waals surface area (Å²) in [6.07, 6.45) is 3.98. The van der Waals surface area contributed by atoms with Gasteiger partial charge in [0.2, 0.25) is 0 Å². The molecule has 0 saturated carbocycles. The molecule has 1 atom stereocenters. The van der Waals surface area contributed by atoms with Crippen LogP contribution in [0.15, 0.2) is 23.1 Å². The second-order valence-electron chi connectivity index (χ2n) is 3.73. The van der Waals surface area contributed by atoms with Gasteiger partial charge < -0.3 is 5.32 Å². The van der Waals surface area contributed by atoms with Gasteiger partial charge in [0, 0.05) is 24.8 Å². The fraction of sp³-hybridized carbons (Fsp3) is 0.636. The van der Waals surface area contributed by atoms with Crippen molar-refractivity contribution >= 4 is 0 Å². The summed E-state index contributed by atoms with van der Waals surface area (Å²) in [5.74, 6) is 0. The Morgan fingerprint density at radius 2 is 2.40 bits per heavy atom. The molecule has 1 rings (SSSR count). The molecule has 0 fully saturated rings. The zero-order valence-electron chi connectivity index (χ0n) is 9.44. The molecule has 0 aliphatic carbocycles. The highest BCUT2D eigenvalue weighted by Crippen LogP contribution is 1.93. The van der Waals surface area contributed by atoms with E-state index in [9.17, 15) is 4.79 Å². The Bertz CT molecular complexity index is 335. The van der Waals surface area contributed by atoms with Gasteiger partial charge in [-0.05, 0) is 19.4 Å². The van der Waals surface area contributed by atoms with Crippen LogP contribution in [-0.4, -0.2) is 22.4 Å². The minimum Gasteiger partial charge on any atom is -0.312 e. The maximum Gasteiger partial charge on any atom is 0.266 e. The molecule has 0 aromatic carbocycles. The largest absolute Gasteiger partial charge is 0.312 e. The van der Waals surface area contributed by atoms with E-state index in [0.29, 0.717) is 12.6 Å². The normalized spacial score (nSPS) is 12.7. The molecule has 1 aromatic rings. The first-order valence-electron chi connectivity index (χ1n) is 5.49. The Morgan fingerprint density at radius 3 is 3.07 bits per heavy atom. The third kappa shape index (κ3) is 4.25. The van der Waals surface area contributed by atoms with E-state index in [1.807, 2.05) is 0 Å². The van der Waals surface area contributed by atoms with Gasteiger partial charge in [-0.15, -0.1) is 0 Å². The van der Waals surface area contributed by atoms with Crippen molar-refractivity contribution in [1.29, 1.82) is 0 Å². The SMILES string of the molecule is CCCC(C)NCCn1ncccc1=O. The van der Waals surface area contributed by atoms with Crippen LogP contribution in [-0.2, 0) is 6.54 Å². The van der Waals surface area contributed by atoms with E-state index in [2.05, 4.69) is 24.3 Å². The molecule has 1 unspecified atom stereocenters. The summed E-state index contributed by atoms with van der Waals surface area (Å²) in [5.41, 5.74) is -0.0394. The van der Waals surface area contributed by atoms with Crippen molar-refractivity contribution in [2.45, 2.75) is 39.3 Å². The average Bonchev–Trinajstić information content (AvgIpc) is 2.21. The summed E-state index contributed by atoms with van der Waals surface area (Å²) in [6.45, 7) is 5.75. The predicted molar refractivity (Wildman–Crippen MR) is 60.9 cm³/mol. The maximum absolute atomic E-state index is 11.3. The minimum atomic E-state index is -0.0394. The van der Waals surface area contributed by atoms with Gasteiger partial charge in [-0.25, -0.2) is 4.68 Å². The molecule has 4 heteroatoms. The molecule has 0 bridgehead atoms. The van der Waals surface area contributed by atoms with Crippen molar-refractivity contribution in [3.63, 3.8) is 0 Å². The standard InChI is InChI=1S/C11H19N3O/c1-3-5-10(2)12-8-9-14-11(15)6-4-7-13-14/h4,6-7,10,12H,3,5,8-9H2,1-2H3. The predicted octanol–water partition coefficient (Wildman–Crippen LogP) is 1.02. The summed E-state index contributed by atoms with van der Waals surface area (Å²) in [4.78, 5) is 11.3. The zero-order chi connectivity index (χ0) is 11.1. The van der Waals surface area contributed by atoms with E-state index in [-0.39, 0.29) is 5.56 Å². The highest BCUT2D eigenvalue weighted by Gasteiger charge is 1.99. The summed E-state index contributed by atoms with van der Waals surface area (Å²) >= 11 is 0. The van der Waals surface area contributed by atoms with Gasteiger partial charge >= 0.3 is 0 Å². The van der Waals surface area contributed by atoms with Crippen LogP contribution < -0.4 is 10.9 Å². The van der Waals surface area contributed by atoms with Gasteiger partial charge in [0.25, 0.3) is 5.56 Å². The molecular weight excluding hydrogens is 190 g/mol. The van der Waals surface area contributed by atoms with Crippen molar-refractivity contribution in [3.05, 3.63) is 28.7 Å². The lowest BCUT2D eigenvalue weighted by Gasteiger charge is -2.12. The van der Waals surface area contributed by atoms with Crippen LogP contribution in [0.1, 0.15) is 26.7 Å². The van der Waals surface area contributed by atoms with Crippen molar-refractivity contribution in [1.82, 2.24) is 15.1 Å². The third-order valence-corrected chi connectivity index (χ3v) is 2.32. The molecule has 0 aliphatic rings. The first-order chi connectivity index (χ1) is 7.24. The Kier molecular flexibility index (Phi) is 5.04. The molecule has 1 N–H and O–H groups in total. The Labute approximate surface area is 90.3 Å². The van der Waals surface area contributed by atoms with Crippen molar-refractivity contribution < 1.29 is 0 Å². The van der Waals surface area contributed by atoms with Crippen molar-refractivity contribution in [2.24, 2.45) is 0 Å². The van der Waals surface area contributed by atoms with Gasteiger partial charge in [0.05, 0.1) is 6.54 Å². The lowest BCUT2D eigenvalue weighted by Crippen LogP contribution is -2.32. The molecular formula is C11H19N3O. The average molecular weight is 209 g/mol. The van der Waals surface area contributed by atoms with Crippen LogP contribution in [0.4, 0.5) is 0 Å². The van der Waals surface area contributed by atoms with Crippen LogP contribution in [0.5, 0.6) is 0 Å². The number of hydrogen-bond donors (Lipinski definition) is 1. The van der Waals surface area contributed by atoms with Crippen LogP contribution >= 0.6 is 0 Å². The molecule has 0 saturated heterocycles. The summed E-state index contributed by atoms with van der Waals surface area (Å²) in [5, 5.41) is 7.34. The number of hydrogen-bond acceptors (Lipinski definition) is 3. The number of rotatable bonds is 6. The second-order valence-corrected chi connectivity index (χ2v) is 3.73. The molecule has 15 heavy (non-hydrogen) atoms. The van der Waals surface area contributed by atoms with E-state index in [1.165, 1.54) is 17.2 Å². The summed E-state index contributed by atoms with van der Waals surface area (Å²) < 4.78 is 1.48. The Balaban J connectivity index is 2.32. The monoisotopic (exact) mass is 209 g/mol. The lowest BCUT2D eigenvalue weighted by atomic mass is 10.2. The number of aromatic nitrogens is 2. The molecule has 4 nitrogen and oxygen atoms in total. The second kappa shape index (κ2) is 6.35. The van der Waals surface area contributed by atoms with Gasteiger partial charge in [-0.2, -0.15) is 5.10 Å². The Morgan fingerprint density at radius 1 is 1.60 bits per heavy atom. The fourth-order valence-corrected chi connectivity index (χ4v) is 1.51. The van der Waals surface area contributed by atoms with E-state index in [1.54, 1.807) is 12.3 Å². The zero-order valence-corrected chi connectivity index (χ0v) is 9.44. The molecule has 0 amide bonds. The van der Waals surface area contributed by atoms with Gasteiger partial charge in [0.15, 0.2) is 0 Å². The molecule has 84 valence electrons. The first kappa shape index (κ1) is 11.9. The van der Waals surface area contributed by atoms with E-state index in [4.69, 9.17) is 0 Å². The molecule has 0 aliphatic heterocycles. The quantitative estimate of drug-likeness (QED) is 0.761. The lowest BCUT2D eigenvalue weighted by molar-refractivity contribution is 0.463. The molecule has 0 spiro atoms. The van der Waals surface area contributed by atoms with Crippen LogP contribution in [0.3, 0.4) is 0 Å². The van der Waals surface area contributed by atoms with Gasteiger partial charge in [-0.3, -0.25) is 4.79 Å². The van der Waals surface area contributed by atoms with Crippen LogP contribution in [0.25, 0.3) is 0 Å². The smallest absolute Gasteiger partial charge is 0.266 e. The topological polar surface area (TPSA) is 46.9 Å². The van der Waals surface area contributed by atoms with Crippen molar-refractivity contribution in [2.75, 3.05) is 6.54 Å². The van der Waals surface area contributed by atoms with E-state index in [0.717, 1.165) is 13.0 Å². The highest BCUT2D eigenvalue weighted by atomic mass is 16.1. The fourth-order valence-electron chi connectivity index (χ4n) is 1.51. The molecule has 1 aromatic heterocycles. The van der Waals surface area contributed by atoms with Crippen LogP contribution in [0, 0.1) is 0 Å². The Hall–Kier alpha value is -1.16.